The van der Waals surface area contributed by atoms with E-state index in [1.807, 2.05) is 36.4 Å². The van der Waals surface area contributed by atoms with Crippen LogP contribution in [0.5, 0.6) is 0 Å². The summed E-state index contributed by atoms with van der Waals surface area (Å²) in [7, 11) is -2.76. The monoisotopic (exact) mass is 564 g/mol. The summed E-state index contributed by atoms with van der Waals surface area (Å²) in [6.45, 7) is 0.421. The zero-order chi connectivity index (χ0) is 28.5. The van der Waals surface area contributed by atoms with Crippen molar-refractivity contribution in [1.82, 2.24) is 4.90 Å². The minimum Gasteiger partial charge on any atom is -0.461 e. The average molecular weight is 565 g/mol. The number of amides is 2. The lowest BCUT2D eigenvalue weighted by Crippen LogP contribution is -2.53. The van der Waals surface area contributed by atoms with Crippen LogP contribution in [0.2, 0.25) is 0 Å². The second-order valence-corrected chi connectivity index (χ2v) is 11.5. The number of hydrogen-bond donors (Lipinski definition) is 1. The van der Waals surface area contributed by atoms with E-state index in [4.69, 9.17) is 4.74 Å². The second-order valence-electron chi connectivity index (χ2n) is 10.1. The third-order valence-corrected chi connectivity index (χ3v) is 8.18. The summed E-state index contributed by atoms with van der Waals surface area (Å²) in [6.07, 6.45) is 4.74. The molecule has 2 amide bonds. The molecule has 0 aliphatic carbocycles. The molecule has 212 valence electrons. The van der Waals surface area contributed by atoms with Gasteiger partial charge in [0.1, 0.15) is 12.1 Å². The molecule has 9 heteroatoms. The van der Waals surface area contributed by atoms with Gasteiger partial charge in [-0.1, -0.05) is 60.7 Å². The third-order valence-electron chi connectivity index (χ3n) is 7.31. The molecule has 1 saturated heterocycles. The number of carbonyl (C=O) groups excluding carboxylic acids is 2. The first-order chi connectivity index (χ1) is 19.2. The molecular weight excluding hydrogens is 528 g/mol. The van der Waals surface area contributed by atoms with Crippen molar-refractivity contribution in [2.45, 2.75) is 62.0 Å². The second kappa shape index (κ2) is 13.6. The zero-order valence-corrected chi connectivity index (χ0v) is 23.5. The first kappa shape index (κ1) is 29.3. The van der Waals surface area contributed by atoms with Crippen molar-refractivity contribution in [3.8, 4) is 0 Å². The summed E-state index contributed by atoms with van der Waals surface area (Å²) < 4.78 is 38.1. The van der Waals surface area contributed by atoms with Crippen LogP contribution < -0.4 is 4.90 Å². The zero-order valence-electron chi connectivity index (χ0n) is 22.7. The van der Waals surface area contributed by atoms with E-state index in [1.165, 1.54) is 40.3 Å². The summed E-state index contributed by atoms with van der Waals surface area (Å²) in [4.78, 5) is 29.7. The predicted molar refractivity (Wildman–Crippen MR) is 154 cm³/mol. The third kappa shape index (κ3) is 7.92. The summed E-state index contributed by atoms with van der Waals surface area (Å²) in [5, 5.41) is 0. The van der Waals surface area contributed by atoms with E-state index in [2.05, 4.69) is 24.3 Å². The molecule has 40 heavy (non-hydrogen) atoms. The maximum atomic E-state index is 13.5. The van der Waals surface area contributed by atoms with Gasteiger partial charge < -0.3 is 9.64 Å². The number of piperidine rings is 1. The molecule has 1 aliphatic heterocycles. The SMILES string of the molecule is CN(C(=O)N1CCCCC1C(=O)OC(CCc1ccccc1)CCc1ccccc1)c1ccc(S(=O)(=O)O)cc1. The van der Waals surface area contributed by atoms with Crippen LogP contribution in [0.4, 0.5) is 10.5 Å². The number of urea groups is 1. The van der Waals surface area contributed by atoms with Crippen LogP contribution in [0.25, 0.3) is 0 Å². The highest BCUT2D eigenvalue weighted by atomic mass is 32.2. The van der Waals surface area contributed by atoms with E-state index >= 15 is 0 Å². The Morgan fingerprint density at radius 2 is 1.45 bits per heavy atom. The largest absolute Gasteiger partial charge is 0.461 e. The minimum atomic E-state index is -4.34. The lowest BCUT2D eigenvalue weighted by Gasteiger charge is -2.37. The van der Waals surface area contributed by atoms with Crippen molar-refractivity contribution in [2.24, 2.45) is 0 Å². The van der Waals surface area contributed by atoms with Crippen molar-refractivity contribution in [3.63, 3.8) is 0 Å². The Bertz CT molecular complexity index is 1320. The average Bonchev–Trinajstić information content (AvgIpc) is 2.98. The van der Waals surface area contributed by atoms with E-state index < -0.39 is 22.1 Å². The van der Waals surface area contributed by atoms with E-state index in [0.717, 1.165) is 25.7 Å². The Balaban J connectivity index is 1.45. The number of anilines is 1. The van der Waals surface area contributed by atoms with Crippen LogP contribution in [0.1, 0.15) is 43.2 Å². The summed E-state index contributed by atoms with van der Waals surface area (Å²) in [6, 6.07) is 24.5. The lowest BCUT2D eigenvalue weighted by atomic mass is 10.00. The van der Waals surface area contributed by atoms with Crippen LogP contribution in [0.15, 0.2) is 89.8 Å². The van der Waals surface area contributed by atoms with Gasteiger partial charge in [0.05, 0.1) is 4.90 Å². The van der Waals surface area contributed by atoms with Crippen molar-refractivity contribution in [1.29, 1.82) is 0 Å². The molecule has 1 unspecified atom stereocenters. The van der Waals surface area contributed by atoms with Gasteiger partial charge in [-0.05, 0) is 80.3 Å². The molecule has 3 aromatic rings. The minimum absolute atomic E-state index is 0.256. The van der Waals surface area contributed by atoms with Gasteiger partial charge in [0, 0.05) is 19.3 Å². The molecule has 0 radical (unpaired) electrons. The Morgan fingerprint density at radius 3 is 1.98 bits per heavy atom. The number of esters is 1. The van der Waals surface area contributed by atoms with Crippen molar-refractivity contribution in [2.75, 3.05) is 18.5 Å². The van der Waals surface area contributed by atoms with Crippen molar-refractivity contribution < 1.29 is 27.3 Å². The van der Waals surface area contributed by atoms with E-state index in [0.29, 0.717) is 31.5 Å². The number of likely N-dealkylation sites (tertiary alicyclic amines) is 1. The first-order valence-electron chi connectivity index (χ1n) is 13.6. The normalized spacial score (nSPS) is 15.6. The highest BCUT2D eigenvalue weighted by Gasteiger charge is 2.36. The van der Waals surface area contributed by atoms with Gasteiger partial charge in [0.15, 0.2) is 0 Å². The van der Waals surface area contributed by atoms with Crippen LogP contribution in [-0.2, 0) is 32.5 Å². The fraction of sp³-hybridized carbons (Fsp3) is 0.355. The topological polar surface area (TPSA) is 104 Å². The first-order valence-corrected chi connectivity index (χ1v) is 15.1. The molecule has 1 heterocycles. The van der Waals surface area contributed by atoms with Gasteiger partial charge in [-0.3, -0.25) is 9.45 Å². The Kier molecular flexibility index (Phi) is 9.95. The summed E-state index contributed by atoms with van der Waals surface area (Å²) >= 11 is 0. The number of rotatable bonds is 10. The number of benzene rings is 3. The highest BCUT2D eigenvalue weighted by molar-refractivity contribution is 7.85. The Hall–Kier alpha value is -3.69. The molecule has 1 N–H and O–H groups in total. The number of hydrogen-bond acceptors (Lipinski definition) is 5. The molecule has 0 saturated carbocycles. The highest BCUT2D eigenvalue weighted by Crippen LogP contribution is 2.25. The summed E-state index contributed by atoms with van der Waals surface area (Å²) in [5.74, 6) is -0.394. The molecule has 4 rings (SSSR count). The Labute approximate surface area is 236 Å². The van der Waals surface area contributed by atoms with Crippen LogP contribution >= 0.6 is 0 Å². The van der Waals surface area contributed by atoms with Gasteiger partial charge in [-0.2, -0.15) is 8.42 Å². The molecule has 3 aromatic carbocycles. The maximum absolute atomic E-state index is 13.5. The van der Waals surface area contributed by atoms with E-state index in [1.54, 1.807) is 11.9 Å². The smallest absolute Gasteiger partial charge is 0.329 e. The van der Waals surface area contributed by atoms with Gasteiger partial charge in [-0.15, -0.1) is 0 Å². The summed E-state index contributed by atoms with van der Waals surface area (Å²) in [5.41, 5.74) is 2.80. The predicted octanol–water partition coefficient (Wildman–Crippen LogP) is 5.52. The number of nitrogens with zero attached hydrogens (tertiary/aromatic N) is 2. The fourth-order valence-electron chi connectivity index (χ4n) is 5.00. The number of aryl methyl sites for hydroxylation is 2. The van der Waals surface area contributed by atoms with Gasteiger partial charge >= 0.3 is 12.0 Å². The quantitative estimate of drug-likeness (QED) is 0.257. The van der Waals surface area contributed by atoms with Crippen LogP contribution in [0.3, 0.4) is 0 Å². The molecular formula is C31H36N2O6S. The molecule has 0 spiro atoms. The molecule has 1 atom stereocenters. The van der Waals surface area contributed by atoms with Crippen molar-refractivity contribution in [3.05, 3.63) is 96.1 Å². The molecule has 0 aromatic heterocycles. The molecule has 1 fully saturated rings. The fourth-order valence-corrected chi connectivity index (χ4v) is 5.48. The van der Waals surface area contributed by atoms with Crippen LogP contribution in [0, 0.1) is 0 Å². The van der Waals surface area contributed by atoms with Crippen LogP contribution in [-0.4, -0.2) is 55.6 Å². The number of carbonyl (C=O) groups is 2. The van der Waals surface area contributed by atoms with E-state index in [-0.39, 0.29) is 17.0 Å². The number of ether oxygens (including phenoxy) is 1. The van der Waals surface area contributed by atoms with Gasteiger partial charge in [0.2, 0.25) is 0 Å². The molecule has 8 nitrogen and oxygen atoms in total. The lowest BCUT2D eigenvalue weighted by molar-refractivity contribution is -0.156. The van der Waals surface area contributed by atoms with Crippen molar-refractivity contribution >= 4 is 27.8 Å². The van der Waals surface area contributed by atoms with Gasteiger partial charge in [-0.25, -0.2) is 9.59 Å². The maximum Gasteiger partial charge on any atom is 0.329 e. The molecule has 0 bridgehead atoms. The standard InChI is InChI=1S/C31H36N2O6S/c1-32(26-17-21-28(22-18-26)40(36,37)38)31(35)33-23-9-8-14-29(33)30(34)39-27(19-15-24-10-4-2-5-11-24)20-16-25-12-6-3-7-13-25/h2-7,10-13,17-18,21-22,27,29H,8-9,14-16,19-20,23H2,1H3,(H,36,37,38). The Morgan fingerprint density at radius 1 is 0.900 bits per heavy atom. The van der Waals surface area contributed by atoms with Gasteiger partial charge in [0.25, 0.3) is 10.1 Å². The molecule has 1 aliphatic rings. The van der Waals surface area contributed by atoms with E-state index in [9.17, 15) is 22.6 Å².